The Morgan fingerprint density at radius 1 is 1.04 bits per heavy atom. The minimum atomic E-state index is -0.245. The van der Waals surface area contributed by atoms with E-state index in [-0.39, 0.29) is 11.7 Å². The van der Waals surface area contributed by atoms with E-state index in [1.165, 1.54) is 23.9 Å². The molecule has 1 heterocycles. The van der Waals surface area contributed by atoms with E-state index >= 15 is 0 Å². The molecule has 1 aliphatic heterocycles. The molecule has 0 fully saturated rings. The molecular formula is C21H17FN2OS. The van der Waals surface area contributed by atoms with Gasteiger partial charge in [0.25, 0.3) is 5.91 Å². The van der Waals surface area contributed by atoms with Gasteiger partial charge in [0.15, 0.2) is 5.17 Å². The summed E-state index contributed by atoms with van der Waals surface area (Å²) in [6.45, 7) is 1.21. The normalized spacial score (nSPS) is 13.9. The number of hydrogen-bond donors (Lipinski definition) is 0. The minimum Gasteiger partial charge on any atom is -0.286 e. The van der Waals surface area contributed by atoms with E-state index in [0.717, 1.165) is 21.5 Å². The Bertz CT molecular complexity index is 985. The second-order valence-electron chi connectivity index (χ2n) is 6.10. The third kappa shape index (κ3) is 3.48. The zero-order chi connectivity index (χ0) is 17.9. The molecule has 3 aromatic carbocycles. The van der Waals surface area contributed by atoms with Crippen LogP contribution in [-0.4, -0.2) is 29.1 Å². The van der Waals surface area contributed by atoms with E-state index in [9.17, 15) is 9.18 Å². The molecule has 3 nitrogen and oxygen atoms in total. The Hall–Kier alpha value is -2.66. The summed E-state index contributed by atoms with van der Waals surface area (Å²) in [6.07, 6.45) is 0. The summed E-state index contributed by atoms with van der Waals surface area (Å²) < 4.78 is 13.0. The van der Waals surface area contributed by atoms with E-state index < -0.39 is 0 Å². The van der Waals surface area contributed by atoms with Crippen LogP contribution in [0.3, 0.4) is 0 Å². The number of carbonyl (C=O) groups excluding carboxylic acids is 1. The fourth-order valence-electron chi connectivity index (χ4n) is 2.95. The summed E-state index contributed by atoms with van der Waals surface area (Å²) in [4.78, 5) is 19.1. The van der Waals surface area contributed by atoms with E-state index in [0.29, 0.717) is 24.4 Å². The van der Waals surface area contributed by atoms with Gasteiger partial charge in [0.1, 0.15) is 5.82 Å². The molecule has 5 heteroatoms. The van der Waals surface area contributed by atoms with Crippen molar-refractivity contribution in [3.05, 3.63) is 83.7 Å². The Labute approximate surface area is 155 Å². The van der Waals surface area contributed by atoms with Crippen LogP contribution < -0.4 is 0 Å². The molecular weight excluding hydrogens is 347 g/mol. The van der Waals surface area contributed by atoms with Gasteiger partial charge in [-0.2, -0.15) is 0 Å². The van der Waals surface area contributed by atoms with Crippen LogP contribution in [0.4, 0.5) is 4.39 Å². The average Bonchev–Trinajstić information content (AvgIpc) is 3.15. The summed E-state index contributed by atoms with van der Waals surface area (Å²) >= 11 is 1.51. The maximum absolute atomic E-state index is 13.0. The van der Waals surface area contributed by atoms with Gasteiger partial charge >= 0.3 is 0 Å². The number of benzene rings is 3. The van der Waals surface area contributed by atoms with Crippen molar-refractivity contribution in [2.75, 3.05) is 13.1 Å². The zero-order valence-electron chi connectivity index (χ0n) is 14.1. The number of amidine groups is 1. The molecule has 0 N–H and O–H groups in total. The standard InChI is InChI=1S/C21H17FN2OS/c22-19-9-5-15(6-10-19)14-26-21-23-11-12-24(21)20(25)18-8-7-16-3-1-2-4-17(16)13-18/h1-10,13H,11-12,14H2. The summed E-state index contributed by atoms with van der Waals surface area (Å²) in [5.74, 6) is 0.379. The zero-order valence-corrected chi connectivity index (χ0v) is 14.9. The summed E-state index contributed by atoms with van der Waals surface area (Å²) in [7, 11) is 0. The van der Waals surface area contributed by atoms with Crippen molar-refractivity contribution in [3.8, 4) is 0 Å². The van der Waals surface area contributed by atoms with Gasteiger partial charge in [0, 0.05) is 17.9 Å². The van der Waals surface area contributed by atoms with Gasteiger partial charge in [-0.3, -0.25) is 14.7 Å². The summed E-state index contributed by atoms with van der Waals surface area (Å²) in [5.41, 5.74) is 1.67. The molecule has 0 spiro atoms. The first-order chi connectivity index (χ1) is 12.7. The largest absolute Gasteiger partial charge is 0.286 e. The van der Waals surface area contributed by atoms with Crippen LogP contribution in [0.25, 0.3) is 10.8 Å². The van der Waals surface area contributed by atoms with Gasteiger partial charge in [-0.15, -0.1) is 0 Å². The fourth-order valence-corrected chi connectivity index (χ4v) is 3.95. The van der Waals surface area contributed by atoms with E-state index in [2.05, 4.69) is 4.99 Å². The topological polar surface area (TPSA) is 32.7 Å². The van der Waals surface area contributed by atoms with E-state index in [4.69, 9.17) is 0 Å². The Morgan fingerprint density at radius 2 is 1.81 bits per heavy atom. The van der Waals surface area contributed by atoms with Gasteiger partial charge in [-0.25, -0.2) is 4.39 Å². The lowest BCUT2D eigenvalue weighted by Crippen LogP contribution is -2.32. The second kappa shape index (κ2) is 7.30. The molecule has 0 radical (unpaired) electrons. The maximum atomic E-state index is 13.0. The Morgan fingerprint density at radius 3 is 2.62 bits per heavy atom. The number of carbonyl (C=O) groups is 1. The average molecular weight is 364 g/mol. The van der Waals surface area contributed by atoms with Crippen molar-refractivity contribution >= 4 is 33.6 Å². The lowest BCUT2D eigenvalue weighted by Gasteiger charge is -2.18. The quantitative estimate of drug-likeness (QED) is 0.673. The number of amides is 1. The predicted octanol–water partition coefficient (Wildman–Crippen LogP) is 4.72. The molecule has 1 aliphatic rings. The fraction of sp³-hybridized carbons (Fsp3) is 0.143. The number of nitrogens with zero attached hydrogens (tertiary/aromatic N) is 2. The number of thioether (sulfide) groups is 1. The molecule has 0 saturated carbocycles. The van der Waals surface area contributed by atoms with Crippen molar-refractivity contribution in [3.63, 3.8) is 0 Å². The van der Waals surface area contributed by atoms with Crippen molar-refractivity contribution < 1.29 is 9.18 Å². The first-order valence-corrected chi connectivity index (χ1v) is 9.42. The summed E-state index contributed by atoms with van der Waals surface area (Å²) in [6, 6.07) is 20.2. The molecule has 4 rings (SSSR count). The number of halogens is 1. The van der Waals surface area contributed by atoms with Crippen molar-refractivity contribution in [2.45, 2.75) is 5.75 Å². The van der Waals surface area contributed by atoms with Gasteiger partial charge in [-0.05, 0) is 40.6 Å². The molecule has 0 atom stereocenters. The summed E-state index contributed by atoms with van der Waals surface area (Å²) in [5, 5.41) is 2.90. The predicted molar refractivity (Wildman–Crippen MR) is 105 cm³/mol. The molecule has 1 amide bonds. The van der Waals surface area contributed by atoms with E-state index in [1.54, 1.807) is 17.0 Å². The van der Waals surface area contributed by atoms with Crippen molar-refractivity contribution in [2.24, 2.45) is 4.99 Å². The number of rotatable bonds is 3. The van der Waals surface area contributed by atoms with Gasteiger partial charge < -0.3 is 0 Å². The minimum absolute atomic E-state index is 0.0291. The van der Waals surface area contributed by atoms with Crippen LogP contribution in [0.15, 0.2) is 71.7 Å². The van der Waals surface area contributed by atoms with Crippen molar-refractivity contribution in [1.29, 1.82) is 0 Å². The van der Waals surface area contributed by atoms with Crippen LogP contribution in [0, 0.1) is 5.82 Å². The highest BCUT2D eigenvalue weighted by atomic mass is 32.2. The van der Waals surface area contributed by atoms with E-state index in [1.807, 2.05) is 42.5 Å². The van der Waals surface area contributed by atoms with Crippen LogP contribution in [-0.2, 0) is 5.75 Å². The Kier molecular flexibility index (Phi) is 4.71. The molecule has 0 saturated heterocycles. The van der Waals surface area contributed by atoms with Gasteiger partial charge in [-0.1, -0.05) is 54.2 Å². The van der Waals surface area contributed by atoms with Crippen LogP contribution in [0.1, 0.15) is 15.9 Å². The lowest BCUT2D eigenvalue weighted by molar-refractivity contribution is 0.0861. The molecule has 26 heavy (non-hydrogen) atoms. The number of aliphatic imine (C=N–C) groups is 1. The molecule has 130 valence electrons. The lowest BCUT2D eigenvalue weighted by atomic mass is 10.1. The number of fused-ring (bicyclic) bond motifs is 1. The monoisotopic (exact) mass is 364 g/mol. The maximum Gasteiger partial charge on any atom is 0.259 e. The Balaban J connectivity index is 1.49. The molecule has 0 aliphatic carbocycles. The first-order valence-electron chi connectivity index (χ1n) is 8.43. The SMILES string of the molecule is O=C(c1ccc2ccccc2c1)N1CCN=C1SCc1ccc(F)cc1. The van der Waals surface area contributed by atoms with Crippen LogP contribution in [0.5, 0.6) is 0 Å². The highest BCUT2D eigenvalue weighted by Gasteiger charge is 2.25. The second-order valence-corrected chi connectivity index (χ2v) is 7.04. The van der Waals surface area contributed by atoms with Crippen molar-refractivity contribution in [1.82, 2.24) is 4.90 Å². The van der Waals surface area contributed by atoms with Gasteiger partial charge in [0.05, 0.1) is 6.54 Å². The molecule has 0 bridgehead atoms. The van der Waals surface area contributed by atoms with Crippen LogP contribution >= 0.6 is 11.8 Å². The third-order valence-electron chi connectivity index (χ3n) is 4.32. The number of hydrogen-bond acceptors (Lipinski definition) is 3. The molecule has 0 unspecified atom stereocenters. The first kappa shape index (κ1) is 16.8. The van der Waals surface area contributed by atoms with Gasteiger partial charge in [0.2, 0.25) is 0 Å². The highest BCUT2D eigenvalue weighted by Crippen LogP contribution is 2.23. The third-order valence-corrected chi connectivity index (χ3v) is 5.41. The van der Waals surface area contributed by atoms with Crippen LogP contribution in [0.2, 0.25) is 0 Å². The molecule has 3 aromatic rings. The molecule has 0 aromatic heterocycles. The highest BCUT2D eigenvalue weighted by molar-refractivity contribution is 8.13. The smallest absolute Gasteiger partial charge is 0.259 e.